The molecule has 0 radical (unpaired) electrons. The highest BCUT2D eigenvalue weighted by Gasteiger charge is 2.20. The number of nitrogens with zero attached hydrogens (tertiary/aromatic N) is 2. The van der Waals surface area contributed by atoms with Crippen molar-refractivity contribution in [2.24, 2.45) is 5.92 Å². The Hall–Kier alpha value is -2.40. The van der Waals surface area contributed by atoms with Gasteiger partial charge in [0.2, 0.25) is 5.88 Å². The molecule has 1 saturated heterocycles. The van der Waals surface area contributed by atoms with Gasteiger partial charge in [-0.3, -0.25) is 4.79 Å². The number of pyridine rings is 1. The quantitative estimate of drug-likeness (QED) is 0.810. The molecule has 5 heteroatoms. The minimum absolute atomic E-state index is 0.0162. The molecule has 0 saturated carbocycles. The van der Waals surface area contributed by atoms with E-state index in [4.69, 9.17) is 9.47 Å². The zero-order valence-electron chi connectivity index (χ0n) is 14.6. The monoisotopic (exact) mass is 340 g/mol. The van der Waals surface area contributed by atoms with Gasteiger partial charge in [0.05, 0.1) is 6.61 Å². The van der Waals surface area contributed by atoms with Crippen LogP contribution in [0.15, 0.2) is 48.7 Å². The first kappa shape index (κ1) is 17.4. The molecular weight excluding hydrogens is 316 g/mol. The molecule has 1 unspecified atom stereocenters. The maximum absolute atomic E-state index is 12.6. The number of ether oxygens (including phenoxy) is 2. The van der Waals surface area contributed by atoms with Gasteiger partial charge in [-0.2, -0.15) is 0 Å². The summed E-state index contributed by atoms with van der Waals surface area (Å²) in [5.74, 6) is 0.861. The molecular formula is C20H24N2O3. The molecule has 1 aliphatic heterocycles. The van der Waals surface area contributed by atoms with Crippen molar-refractivity contribution in [2.75, 3.05) is 26.8 Å². The number of carbonyl (C=O) groups is 1. The van der Waals surface area contributed by atoms with Crippen LogP contribution in [0, 0.1) is 5.92 Å². The van der Waals surface area contributed by atoms with Gasteiger partial charge < -0.3 is 14.4 Å². The summed E-state index contributed by atoms with van der Waals surface area (Å²) in [4.78, 5) is 18.6. The van der Waals surface area contributed by atoms with Crippen molar-refractivity contribution in [3.05, 3.63) is 59.8 Å². The van der Waals surface area contributed by atoms with E-state index in [1.165, 1.54) is 0 Å². The van der Waals surface area contributed by atoms with E-state index in [2.05, 4.69) is 4.98 Å². The Kier molecular flexibility index (Phi) is 6.01. The number of hydrogen-bond donors (Lipinski definition) is 0. The molecule has 0 aliphatic carbocycles. The van der Waals surface area contributed by atoms with Crippen molar-refractivity contribution in [2.45, 2.75) is 19.4 Å². The van der Waals surface area contributed by atoms with Crippen LogP contribution in [-0.4, -0.2) is 42.6 Å². The predicted molar refractivity (Wildman–Crippen MR) is 95.5 cm³/mol. The normalized spacial score (nSPS) is 17.1. The van der Waals surface area contributed by atoms with Gasteiger partial charge in [-0.25, -0.2) is 4.98 Å². The van der Waals surface area contributed by atoms with Crippen molar-refractivity contribution >= 4 is 5.91 Å². The van der Waals surface area contributed by atoms with E-state index in [1.807, 2.05) is 37.4 Å². The number of aromatic nitrogens is 1. The smallest absolute Gasteiger partial charge is 0.253 e. The number of hydrogen-bond acceptors (Lipinski definition) is 4. The van der Waals surface area contributed by atoms with Gasteiger partial charge in [-0.05, 0) is 30.4 Å². The van der Waals surface area contributed by atoms with Crippen LogP contribution < -0.4 is 4.74 Å². The summed E-state index contributed by atoms with van der Waals surface area (Å²) < 4.78 is 11.2. The lowest BCUT2D eigenvalue weighted by molar-refractivity contribution is 0.0388. The highest BCUT2D eigenvalue weighted by atomic mass is 16.5. The van der Waals surface area contributed by atoms with E-state index in [9.17, 15) is 4.79 Å². The van der Waals surface area contributed by atoms with Crippen LogP contribution >= 0.6 is 0 Å². The third-order valence-electron chi connectivity index (χ3n) is 4.34. The van der Waals surface area contributed by atoms with Crippen LogP contribution in [-0.2, 0) is 11.3 Å². The SMILES string of the molecule is CN(CC1CCCOC1)C(=O)c1ccnc(OCc2ccccc2)c1. The summed E-state index contributed by atoms with van der Waals surface area (Å²) in [5.41, 5.74) is 1.66. The summed E-state index contributed by atoms with van der Waals surface area (Å²) in [6.07, 6.45) is 3.80. The second kappa shape index (κ2) is 8.62. The third kappa shape index (κ3) is 5.03. The number of amides is 1. The lowest BCUT2D eigenvalue weighted by atomic mass is 10.0. The molecule has 1 amide bonds. The molecule has 2 aromatic rings. The molecule has 0 spiro atoms. The van der Waals surface area contributed by atoms with E-state index in [0.717, 1.165) is 31.6 Å². The highest BCUT2D eigenvalue weighted by Crippen LogP contribution is 2.17. The van der Waals surface area contributed by atoms with E-state index < -0.39 is 0 Å². The fourth-order valence-electron chi connectivity index (χ4n) is 2.99. The lowest BCUT2D eigenvalue weighted by Gasteiger charge is -2.27. The Morgan fingerprint density at radius 1 is 1.32 bits per heavy atom. The topological polar surface area (TPSA) is 51.7 Å². The second-order valence-electron chi connectivity index (χ2n) is 6.43. The standard InChI is InChI=1S/C20H24N2O3/c1-22(13-17-8-5-11-24-14-17)20(23)18-9-10-21-19(12-18)25-15-16-6-3-2-4-7-16/h2-4,6-7,9-10,12,17H,5,8,11,13-15H2,1H3. The van der Waals surface area contributed by atoms with Gasteiger partial charge in [0.15, 0.2) is 0 Å². The molecule has 5 nitrogen and oxygen atoms in total. The molecule has 1 atom stereocenters. The summed E-state index contributed by atoms with van der Waals surface area (Å²) in [6.45, 7) is 2.71. The molecule has 1 fully saturated rings. The lowest BCUT2D eigenvalue weighted by Crippen LogP contribution is -2.35. The largest absolute Gasteiger partial charge is 0.473 e. The predicted octanol–water partition coefficient (Wildman–Crippen LogP) is 3.16. The molecule has 132 valence electrons. The Morgan fingerprint density at radius 3 is 2.92 bits per heavy atom. The van der Waals surface area contributed by atoms with E-state index in [-0.39, 0.29) is 5.91 Å². The first-order chi connectivity index (χ1) is 12.2. The molecule has 0 bridgehead atoms. The number of carbonyl (C=O) groups excluding carboxylic acids is 1. The van der Waals surface area contributed by atoms with E-state index in [1.54, 1.807) is 23.2 Å². The molecule has 2 heterocycles. The van der Waals surface area contributed by atoms with Gasteiger partial charge in [0.25, 0.3) is 5.91 Å². The minimum atomic E-state index is -0.0162. The Labute approximate surface area is 148 Å². The third-order valence-corrected chi connectivity index (χ3v) is 4.34. The van der Waals surface area contributed by atoms with Crippen LogP contribution in [0.4, 0.5) is 0 Å². The number of benzene rings is 1. The van der Waals surface area contributed by atoms with Gasteiger partial charge in [-0.1, -0.05) is 30.3 Å². The average molecular weight is 340 g/mol. The average Bonchev–Trinajstić information content (AvgIpc) is 2.67. The molecule has 1 aromatic carbocycles. The molecule has 1 aromatic heterocycles. The summed E-state index contributed by atoms with van der Waals surface area (Å²) >= 11 is 0. The molecule has 0 N–H and O–H groups in total. The van der Waals surface area contributed by atoms with Gasteiger partial charge in [0, 0.05) is 38.0 Å². The Bertz CT molecular complexity index is 684. The van der Waals surface area contributed by atoms with Crippen LogP contribution in [0.5, 0.6) is 5.88 Å². The Balaban J connectivity index is 1.58. The summed E-state index contributed by atoms with van der Waals surface area (Å²) in [7, 11) is 1.84. The van der Waals surface area contributed by atoms with Crippen molar-refractivity contribution in [3.63, 3.8) is 0 Å². The number of rotatable bonds is 6. The fraction of sp³-hybridized carbons (Fsp3) is 0.400. The van der Waals surface area contributed by atoms with Gasteiger partial charge >= 0.3 is 0 Å². The van der Waals surface area contributed by atoms with Crippen LogP contribution in [0.3, 0.4) is 0 Å². The highest BCUT2D eigenvalue weighted by molar-refractivity contribution is 5.94. The Morgan fingerprint density at radius 2 is 2.16 bits per heavy atom. The van der Waals surface area contributed by atoms with Crippen molar-refractivity contribution < 1.29 is 14.3 Å². The first-order valence-corrected chi connectivity index (χ1v) is 8.68. The minimum Gasteiger partial charge on any atom is -0.473 e. The summed E-state index contributed by atoms with van der Waals surface area (Å²) in [6, 6.07) is 13.3. The van der Waals surface area contributed by atoms with Crippen LogP contribution in [0.25, 0.3) is 0 Å². The first-order valence-electron chi connectivity index (χ1n) is 8.68. The summed E-state index contributed by atoms with van der Waals surface area (Å²) in [5, 5.41) is 0. The molecule has 1 aliphatic rings. The zero-order valence-corrected chi connectivity index (χ0v) is 14.6. The maximum atomic E-state index is 12.6. The van der Waals surface area contributed by atoms with Crippen molar-refractivity contribution in [3.8, 4) is 5.88 Å². The second-order valence-corrected chi connectivity index (χ2v) is 6.43. The fourth-order valence-corrected chi connectivity index (χ4v) is 2.99. The van der Waals surface area contributed by atoms with E-state index in [0.29, 0.717) is 30.5 Å². The van der Waals surface area contributed by atoms with Gasteiger partial charge in [0.1, 0.15) is 6.61 Å². The zero-order chi connectivity index (χ0) is 17.5. The molecule has 25 heavy (non-hydrogen) atoms. The van der Waals surface area contributed by atoms with Crippen molar-refractivity contribution in [1.82, 2.24) is 9.88 Å². The van der Waals surface area contributed by atoms with Crippen LogP contribution in [0.2, 0.25) is 0 Å². The van der Waals surface area contributed by atoms with Crippen LogP contribution in [0.1, 0.15) is 28.8 Å². The molecule has 3 rings (SSSR count). The van der Waals surface area contributed by atoms with Crippen molar-refractivity contribution in [1.29, 1.82) is 0 Å². The van der Waals surface area contributed by atoms with Gasteiger partial charge in [-0.15, -0.1) is 0 Å². The maximum Gasteiger partial charge on any atom is 0.253 e. The van der Waals surface area contributed by atoms with E-state index >= 15 is 0 Å².